The van der Waals surface area contributed by atoms with Crippen LogP contribution in [0.4, 0.5) is 8.78 Å². The minimum atomic E-state index is -2.79. The zero-order valence-electron chi connectivity index (χ0n) is 20.4. The first-order chi connectivity index (χ1) is 17.2. The van der Waals surface area contributed by atoms with Crippen molar-refractivity contribution in [3.8, 4) is 0 Å². The van der Waals surface area contributed by atoms with Crippen molar-refractivity contribution in [1.82, 2.24) is 14.5 Å². The van der Waals surface area contributed by atoms with Crippen LogP contribution in [-0.4, -0.2) is 41.7 Å². The number of fused-ring (bicyclic) bond motifs is 1. The summed E-state index contributed by atoms with van der Waals surface area (Å²) in [6.07, 6.45) is -0.370. The molecule has 1 saturated heterocycles. The molecule has 9 heteroatoms. The topological polar surface area (TPSA) is 49.2 Å². The van der Waals surface area contributed by atoms with Gasteiger partial charge >= 0.3 is 0 Å². The van der Waals surface area contributed by atoms with E-state index in [1.165, 1.54) is 17.1 Å². The highest BCUT2D eigenvalue weighted by Crippen LogP contribution is 2.39. The fraction of sp³-hybridized carbons (Fsp3) is 0.333. The van der Waals surface area contributed by atoms with Gasteiger partial charge in [0.15, 0.2) is 12.0 Å². The quantitative estimate of drug-likeness (QED) is 0.248. The molecule has 0 radical (unpaired) electrons. The van der Waals surface area contributed by atoms with E-state index in [4.69, 9.17) is 20.8 Å². The Morgan fingerprint density at radius 2 is 1.67 bits per heavy atom. The monoisotopic (exact) mass is 527 g/mol. The third kappa shape index (κ3) is 4.26. The number of halogens is 3. The summed E-state index contributed by atoms with van der Waals surface area (Å²) in [5, 5.41) is 2.11. The second-order valence-electron chi connectivity index (χ2n) is 10.1. The molecule has 0 saturated carbocycles. The van der Waals surface area contributed by atoms with Gasteiger partial charge in [0.1, 0.15) is 23.3 Å². The van der Waals surface area contributed by atoms with Crippen molar-refractivity contribution >= 4 is 41.3 Å². The molecule has 4 aromatic rings. The molecule has 2 aromatic carbocycles. The van der Waals surface area contributed by atoms with Crippen molar-refractivity contribution in [2.45, 2.75) is 50.7 Å². The maximum Gasteiger partial charge on any atom is 0.261 e. The summed E-state index contributed by atoms with van der Waals surface area (Å²) < 4.78 is 44.2. The summed E-state index contributed by atoms with van der Waals surface area (Å²) in [7, 11) is -2.79. The van der Waals surface area contributed by atoms with Crippen LogP contribution in [0.1, 0.15) is 33.4 Å². The molecule has 188 valence electrons. The molecular formula is C27H28ClF2N3O2Si. The van der Waals surface area contributed by atoms with Gasteiger partial charge in [-0.2, -0.15) is 0 Å². The first kappa shape index (κ1) is 25.0. The van der Waals surface area contributed by atoms with Crippen molar-refractivity contribution in [1.29, 1.82) is 0 Å². The molecule has 2 aromatic heterocycles. The molecule has 1 fully saturated rings. The molecule has 36 heavy (non-hydrogen) atoms. The van der Waals surface area contributed by atoms with Crippen molar-refractivity contribution in [2.24, 2.45) is 0 Å². The van der Waals surface area contributed by atoms with Gasteiger partial charge in [-0.05, 0) is 15.4 Å². The number of ether oxygens (including phenoxy) is 1. The maximum absolute atomic E-state index is 15.3. The molecule has 3 atom stereocenters. The molecule has 0 aliphatic carbocycles. The Bertz CT molecular complexity index is 1310. The second-order valence-corrected chi connectivity index (χ2v) is 14.8. The van der Waals surface area contributed by atoms with Gasteiger partial charge in [0, 0.05) is 12.6 Å². The van der Waals surface area contributed by atoms with Crippen LogP contribution in [0, 0.1) is 5.82 Å². The van der Waals surface area contributed by atoms with E-state index in [1.54, 1.807) is 0 Å². The third-order valence-corrected chi connectivity index (χ3v) is 12.1. The van der Waals surface area contributed by atoms with Crippen molar-refractivity contribution in [3.63, 3.8) is 0 Å². The lowest BCUT2D eigenvalue weighted by Gasteiger charge is -2.43. The molecule has 5 rings (SSSR count). The Balaban J connectivity index is 1.46. The van der Waals surface area contributed by atoms with Crippen LogP contribution < -0.4 is 10.4 Å². The molecule has 1 aliphatic rings. The summed E-state index contributed by atoms with van der Waals surface area (Å²) in [6.45, 7) is 6.77. The van der Waals surface area contributed by atoms with Crippen molar-refractivity contribution < 1.29 is 17.9 Å². The summed E-state index contributed by atoms with van der Waals surface area (Å²) >= 11 is 6.05. The average Bonchev–Trinajstić information content (AvgIpc) is 3.39. The lowest BCUT2D eigenvalue weighted by Crippen LogP contribution is -2.67. The Morgan fingerprint density at radius 3 is 2.25 bits per heavy atom. The van der Waals surface area contributed by atoms with Crippen LogP contribution in [0.3, 0.4) is 0 Å². The SMILES string of the molecule is CC(C)(C)[Si](OCC1CC(F)C(n2cc(F)c3c(Cl)ncnc32)O1)(c1ccccc1)c1ccccc1. The van der Waals surface area contributed by atoms with E-state index in [1.807, 2.05) is 36.4 Å². The van der Waals surface area contributed by atoms with E-state index in [9.17, 15) is 4.39 Å². The first-order valence-corrected chi connectivity index (χ1v) is 14.2. The molecule has 0 amide bonds. The van der Waals surface area contributed by atoms with Crippen LogP contribution in [0.5, 0.6) is 0 Å². The summed E-state index contributed by atoms with van der Waals surface area (Å²) in [6, 6.07) is 20.5. The lowest BCUT2D eigenvalue weighted by atomic mass is 10.2. The van der Waals surface area contributed by atoms with Crippen LogP contribution in [0.25, 0.3) is 11.0 Å². The van der Waals surface area contributed by atoms with Gasteiger partial charge in [0.05, 0.1) is 18.1 Å². The first-order valence-electron chi connectivity index (χ1n) is 11.9. The Morgan fingerprint density at radius 1 is 1.06 bits per heavy atom. The molecule has 0 spiro atoms. The standard InChI is InChI=1S/C27H28ClF2N3O2Si/c1-27(2,3)36(19-10-6-4-7-11-19,20-12-8-5-9-13-20)34-16-18-14-21(29)26(35-18)33-15-22(30)23-24(28)31-17-32-25(23)33/h4-13,15,17-18,21,26H,14,16H2,1-3H3. The predicted octanol–water partition coefficient (Wildman–Crippen LogP) is 5.43. The van der Waals surface area contributed by atoms with E-state index >= 15 is 4.39 Å². The predicted molar refractivity (Wildman–Crippen MR) is 139 cm³/mol. The number of nitrogens with zero attached hydrogens (tertiary/aromatic N) is 3. The second kappa shape index (κ2) is 9.66. The molecule has 3 heterocycles. The minimum absolute atomic E-state index is 0.0174. The average molecular weight is 528 g/mol. The molecule has 1 aliphatic heterocycles. The van der Waals surface area contributed by atoms with Crippen molar-refractivity contribution in [2.75, 3.05) is 6.61 Å². The number of rotatable bonds is 6. The van der Waals surface area contributed by atoms with E-state index < -0.39 is 32.6 Å². The van der Waals surface area contributed by atoms with Gasteiger partial charge in [-0.3, -0.25) is 0 Å². The van der Waals surface area contributed by atoms with Gasteiger partial charge in [0.25, 0.3) is 8.32 Å². The Hall–Kier alpha value is -2.65. The largest absolute Gasteiger partial charge is 0.405 e. The third-order valence-electron chi connectivity index (χ3n) is 6.82. The lowest BCUT2D eigenvalue weighted by molar-refractivity contribution is -0.0325. The van der Waals surface area contributed by atoms with E-state index in [0.717, 1.165) is 10.4 Å². The number of benzene rings is 2. The summed E-state index contributed by atoms with van der Waals surface area (Å²) in [4.78, 5) is 7.95. The fourth-order valence-corrected chi connectivity index (χ4v) is 10.0. The van der Waals surface area contributed by atoms with E-state index in [0.29, 0.717) is 0 Å². The normalized spacial score (nSPS) is 20.8. The fourth-order valence-electron chi connectivity index (χ4n) is 5.23. The highest BCUT2D eigenvalue weighted by molar-refractivity contribution is 6.99. The number of alkyl halides is 1. The number of hydrogen-bond donors (Lipinski definition) is 0. The van der Waals surface area contributed by atoms with Gasteiger partial charge in [-0.15, -0.1) is 0 Å². The zero-order chi connectivity index (χ0) is 25.5. The highest BCUT2D eigenvalue weighted by atomic mass is 35.5. The summed E-state index contributed by atoms with van der Waals surface area (Å²) in [5.74, 6) is -0.613. The van der Waals surface area contributed by atoms with E-state index in [-0.39, 0.29) is 34.3 Å². The highest BCUT2D eigenvalue weighted by Gasteiger charge is 2.51. The number of hydrogen-bond acceptors (Lipinski definition) is 4. The Kier molecular flexibility index (Phi) is 6.72. The number of aromatic nitrogens is 3. The molecule has 5 nitrogen and oxygen atoms in total. The molecule has 0 bridgehead atoms. The molecule has 0 N–H and O–H groups in total. The maximum atomic E-state index is 15.3. The minimum Gasteiger partial charge on any atom is -0.405 e. The zero-order valence-corrected chi connectivity index (χ0v) is 22.1. The van der Waals surface area contributed by atoms with Crippen LogP contribution in [-0.2, 0) is 9.16 Å². The Labute approximate surface area is 215 Å². The van der Waals surface area contributed by atoms with Gasteiger partial charge in [-0.25, -0.2) is 18.7 Å². The van der Waals surface area contributed by atoms with Crippen LogP contribution >= 0.6 is 11.6 Å². The van der Waals surface area contributed by atoms with E-state index in [2.05, 4.69) is 55.0 Å². The van der Waals surface area contributed by atoms with Gasteiger partial charge < -0.3 is 13.7 Å². The molecular weight excluding hydrogens is 500 g/mol. The van der Waals surface area contributed by atoms with Gasteiger partial charge in [-0.1, -0.05) is 93.0 Å². The van der Waals surface area contributed by atoms with Gasteiger partial charge in [0.2, 0.25) is 0 Å². The van der Waals surface area contributed by atoms with Crippen LogP contribution in [0.2, 0.25) is 10.2 Å². The van der Waals surface area contributed by atoms with Crippen molar-refractivity contribution in [3.05, 3.63) is 84.2 Å². The smallest absolute Gasteiger partial charge is 0.261 e. The summed E-state index contributed by atoms with van der Waals surface area (Å²) in [5.41, 5.74) is 0.203. The molecule has 3 unspecified atom stereocenters. The van der Waals surface area contributed by atoms with Crippen LogP contribution in [0.15, 0.2) is 73.2 Å².